The fourth-order valence-corrected chi connectivity index (χ4v) is 4.53. The molecule has 2 aliphatic heterocycles. The first-order valence-corrected chi connectivity index (χ1v) is 9.59. The fourth-order valence-electron chi connectivity index (χ4n) is 3.78. The molecular weight excluding hydrogens is 320 g/mol. The third-order valence-electron chi connectivity index (χ3n) is 5.23. The molecule has 2 aliphatic rings. The lowest BCUT2D eigenvalue weighted by atomic mass is 9.76. The highest BCUT2D eigenvalue weighted by Crippen LogP contribution is 2.42. The molecule has 0 unspecified atom stereocenters. The number of rotatable bonds is 5. The van der Waals surface area contributed by atoms with E-state index in [2.05, 4.69) is 27.4 Å². The van der Waals surface area contributed by atoms with E-state index in [1.165, 1.54) is 30.8 Å². The highest BCUT2D eigenvalue weighted by Gasteiger charge is 2.42. The van der Waals surface area contributed by atoms with E-state index in [4.69, 9.17) is 9.47 Å². The molecule has 0 radical (unpaired) electrons. The number of ether oxygens (including phenoxy) is 2. The topological polar surface area (TPSA) is 34.6 Å². The van der Waals surface area contributed by atoms with Crippen molar-refractivity contribution in [3.63, 3.8) is 0 Å². The van der Waals surface area contributed by atoms with Crippen LogP contribution in [0.3, 0.4) is 0 Å². The zero-order chi connectivity index (χ0) is 16.2. The number of pyridine rings is 1. The predicted molar refractivity (Wildman–Crippen MR) is 95.4 cm³/mol. The van der Waals surface area contributed by atoms with Gasteiger partial charge in [-0.1, -0.05) is 6.07 Å². The van der Waals surface area contributed by atoms with E-state index in [0.29, 0.717) is 12.0 Å². The molecule has 0 aliphatic carbocycles. The summed E-state index contributed by atoms with van der Waals surface area (Å²) in [4.78, 5) is 8.13. The van der Waals surface area contributed by atoms with Crippen molar-refractivity contribution in [1.29, 1.82) is 0 Å². The van der Waals surface area contributed by atoms with Gasteiger partial charge in [-0.2, -0.15) is 0 Å². The van der Waals surface area contributed by atoms with Crippen molar-refractivity contribution >= 4 is 11.3 Å². The van der Waals surface area contributed by atoms with Crippen molar-refractivity contribution in [1.82, 2.24) is 9.88 Å². The minimum absolute atomic E-state index is 0.217. The lowest BCUT2D eigenvalue weighted by Crippen LogP contribution is -2.40. The second-order valence-corrected chi connectivity index (χ2v) is 8.02. The molecule has 5 heteroatoms. The third kappa shape index (κ3) is 3.79. The Morgan fingerprint density at radius 2 is 2.21 bits per heavy atom. The Kier molecular flexibility index (Phi) is 4.83. The van der Waals surface area contributed by atoms with Crippen molar-refractivity contribution in [3.05, 3.63) is 46.9 Å². The highest BCUT2D eigenvalue weighted by atomic mass is 32.1. The SMILES string of the molecule is c1cncc(OC[C@H]2CC3(CCN(Cc4cccs4)CC3)CO2)c1. The number of thiophene rings is 1. The number of piperidine rings is 1. The van der Waals surface area contributed by atoms with Gasteiger partial charge in [0, 0.05) is 17.6 Å². The molecule has 4 nitrogen and oxygen atoms in total. The number of hydrogen-bond donors (Lipinski definition) is 0. The van der Waals surface area contributed by atoms with E-state index in [0.717, 1.165) is 25.3 Å². The average Bonchev–Trinajstić information content (AvgIpc) is 3.27. The number of nitrogens with zero attached hydrogens (tertiary/aromatic N) is 2. The highest BCUT2D eigenvalue weighted by molar-refractivity contribution is 7.09. The molecule has 0 amide bonds. The van der Waals surface area contributed by atoms with Gasteiger partial charge in [-0.05, 0) is 61.3 Å². The summed E-state index contributed by atoms with van der Waals surface area (Å²) in [5.41, 5.74) is 0.370. The van der Waals surface area contributed by atoms with Gasteiger partial charge in [-0.3, -0.25) is 9.88 Å². The molecule has 0 saturated carbocycles. The number of likely N-dealkylation sites (tertiary alicyclic amines) is 1. The molecule has 0 N–H and O–H groups in total. The standard InChI is InChI=1S/C19H24N2O2S/c1-3-16(12-20-7-1)22-14-17-11-19(15-23-17)5-8-21(9-6-19)13-18-4-2-10-24-18/h1-4,7,10,12,17H,5-6,8-9,11,13-15H2/t17-/m1/s1. The summed E-state index contributed by atoms with van der Waals surface area (Å²) in [6, 6.07) is 8.22. The van der Waals surface area contributed by atoms with Crippen molar-refractivity contribution in [3.8, 4) is 5.75 Å². The van der Waals surface area contributed by atoms with Crippen LogP contribution in [0.15, 0.2) is 42.0 Å². The molecule has 4 heterocycles. The molecule has 2 saturated heterocycles. The maximum Gasteiger partial charge on any atom is 0.137 e. The largest absolute Gasteiger partial charge is 0.489 e. The first-order chi connectivity index (χ1) is 11.8. The van der Waals surface area contributed by atoms with E-state index in [-0.39, 0.29) is 6.10 Å². The van der Waals surface area contributed by atoms with Crippen molar-refractivity contribution < 1.29 is 9.47 Å². The summed E-state index contributed by atoms with van der Waals surface area (Å²) in [6.45, 7) is 4.98. The third-order valence-corrected chi connectivity index (χ3v) is 6.09. The Morgan fingerprint density at radius 3 is 2.96 bits per heavy atom. The molecule has 24 heavy (non-hydrogen) atoms. The second-order valence-electron chi connectivity index (χ2n) is 6.99. The Hall–Kier alpha value is -1.43. The van der Waals surface area contributed by atoms with Gasteiger partial charge in [0.15, 0.2) is 0 Å². The summed E-state index contributed by atoms with van der Waals surface area (Å²) in [5, 5.41) is 2.17. The zero-order valence-electron chi connectivity index (χ0n) is 13.9. The number of hydrogen-bond acceptors (Lipinski definition) is 5. The molecule has 0 bridgehead atoms. The quantitative estimate of drug-likeness (QED) is 0.830. The van der Waals surface area contributed by atoms with E-state index in [9.17, 15) is 0 Å². The van der Waals surface area contributed by atoms with E-state index in [1.807, 2.05) is 23.5 Å². The zero-order valence-corrected chi connectivity index (χ0v) is 14.7. The van der Waals surface area contributed by atoms with Crippen LogP contribution in [-0.4, -0.2) is 42.3 Å². The van der Waals surface area contributed by atoms with Gasteiger partial charge in [-0.25, -0.2) is 0 Å². The summed E-state index contributed by atoms with van der Waals surface area (Å²) < 4.78 is 11.9. The monoisotopic (exact) mass is 344 g/mol. The van der Waals surface area contributed by atoms with Crippen molar-refractivity contribution in [2.45, 2.75) is 31.9 Å². The second kappa shape index (κ2) is 7.21. The van der Waals surface area contributed by atoms with Crippen LogP contribution in [0, 0.1) is 5.41 Å². The first-order valence-electron chi connectivity index (χ1n) is 8.71. The molecule has 2 aromatic heterocycles. The lowest BCUT2D eigenvalue weighted by molar-refractivity contribution is 0.0471. The van der Waals surface area contributed by atoms with Gasteiger partial charge in [0.2, 0.25) is 0 Å². The van der Waals surface area contributed by atoms with Gasteiger partial charge in [0.25, 0.3) is 0 Å². The van der Waals surface area contributed by atoms with Crippen LogP contribution >= 0.6 is 11.3 Å². The minimum atomic E-state index is 0.217. The van der Waals surface area contributed by atoms with Crippen LogP contribution in [0.5, 0.6) is 5.75 Å². The fraction of sp³-hybridized carbons (Fsp3) is 0.526. The normalized spacial score (nSPS) is 23.6. The molecule has 4 rings (SSSR count). The van der Waals surface area contributed by atoms with Crippen LogP contribution < -0.4 is 4.74 Å². The van der Waals surface area contributed by atoms with Crippen molar-refractivity contribution in [2.75, 3.05) is 26.3 Å². The smallest absolute Gasteiger partial charge is 0.137 e. The van der Waals surface area contributed by atoms with Gasteiger partial charge in [0.1, 0.15) is 12.4 Å². The molecule has 1 spiro atoms. The van der Waals surface area contributed by atoms with Crippen LogP contribution in [-0.2, 0) is 11.3 Å². The maximum absolute atomic E-state index is 6.05. The Balaban J connectivity index is 1.24. The van der Waals surface area contributed by atoms with E-state index < -0.39 is 0 Å². The summed E-state index contributed by atoms with van der Waals surface area (Å²) in [5.74, 6) is 0.827. The van der Waals surface area contributed by atoms with Gasteiger partial charge in [0.05, 0.1) is 18.9 Å². The van der Waals surface area contributed by atoms with Gasteiger partial charge in [-0.15, -0.1) is 11.3 Å². The first kappa shape index (κ1) is 16.1. The van der Waals surface area contributed by atoms with Crippen LogP contribution in [0.25, 0.3) is 0 Å². The summed E-state index contributed by atoms with van der Waals surface area (Å²) in [7, 11) is 0. The lowest BCUT2D eigenvalue weighted by Gasteiger charge is -2.38. The molecule has 2 aromatic rings. The van der Waals surface area contributed by atoms with Gasteiger partial charge >= 0.3 is 0 Å². The molecule has 2 fully saturated rings. The van der Waals surface area contributed by atoms with Crippen LogP contribution in [0.4, 0.5) is 0 Å². The van der Waals surface area contributed by atoms with E-state index in [1.54, 1.807) is 12.4 Å². The van der Waals surface area contributed by atoms with Gasteiger partial charge < -0.3 is 9.47 Å². The Labute approximate surface area is 147 Å². The molecule has 1 atom stereocenters. The predicted octanol–water partition coefficient (Wildman–Crippen LogP) is 3.59. The van der Waals surface area contributed by atoms with E-state index >= 15 is 0 Å². The Bertz CT molecular complexity index is 624. The average molecular weight is 344 g/mol. The minimum Gasteiger partial charge on any atom is -0.489 e. The van der Waals surface area contributed by atoms with Crippen LogP contribution in [0.2, 0.25) is 0 Å². The maximum atomic E-state index is 6.05. The Morgan fingerprint density at radius 1 is 1.29 bits per heavy atom. The summed E-state index contributed by atoms with van der Waals surface area (Å²) in [6.07, 6.45) is 7.34. The summed E-state index contributed by atoms with van der Waals surface area (Å²) >= 11 is 1.86. The molecule has 128 valence electrons. The van der Waals surface area contributed by atoms with Crippen molar-refractivity contribution in [2.24, 2.45) is 5.41 Å². The molecule has 0 aromatic carbocycles. The van der Waals surface area contributed by atoms with Crippen LogP contribution in [0.1, 0.15) is 24.1 Å². The number of aromatic nitrogens is 1. The molecular formula is C19H24N2O2S.